The van der Waals surface area contributed by atoms with Crippen LogP contribution in [0.25, 0.3) is 6.08 Å². The Labute approximate surface area is 114 Å². The second kappa shape index (κ2) is 5.19. The summed E-state index contributed by atoms with van der Waals surface area (Å²) in [6.07, 6.45) is 1.46. The summed E-state index contributed by atoms with van der Waals surface area (Å²) in [7, 11) is 2.99. The van der Waals surface area contributed by atoms with Gasteiger partial charge in [-0.1, -0.05) is 11.6 Å². The number of ether oxygens (including phenoxy) is 2. The van der Waals surface area contributed by atoms with Gasteiger partial charge in [0.1, 0.15) is 5.70 Å². The second-order valence-electron chi connectivity index (χ2n) is 3.69. The summed E-state index contributed by atoms with van der Waals surface area (Å²) in [5, 5.41) is 4.85. The van der Waals surface area contributed by atoms with Gasteiger partial charge in [-0.05, 0) is 17.7 Å². The van der Waals surface area contributed by atoms with E-state index in [1.54, 1.807) is 12.1 Å². The molecule has 0 atom stereocenters. The van der Waals surface area contributed by atoms with Crippen molar-refractivity contribution in [3.8, 4) is 11.5 Å². The fourth-order valence-corrected chi connectivity index (χ4v) is 1.83. The third-order valence-electron chi connectivity index (χ3n) is 2.52. The minimum Gasteiger partial charge on any atom is -0.493 e. The molecule has 1 fully saturated rings. The van der Waals surface area contributed by atoms with Crippen molar-refractivity contribution in [2.75, 3.05) is 14.2 Å². The number of carbonyl (C=O) groups excluding carboxylic acids is 2. The molecule has 7 heteroatoms. The number of methoxy groups -OCH3 is 2. The van der Waals surface area contributed by atoms with E-state index in [2.05, 4.69) is 10.6 Å². The molecule has 0 saturated carbocycles. The predicted octanol–water partition coefficient (Wildman–Crippen LogP) is 1.54. The van der Waals surface area contributed by atoms with Gasteiger partial charge in [-0.2, -0.15) is 0 Å². The van der Waals surface area contributed by atoms with E-state index < -0.39 is 11.9 Å². The Morgan fingerprint density at radius 1 is 1.11 bits per heavy atom. The van der Waals surface area contributed by atoms with E-state index in [-0.39, 0.29) is 5.70 Å². The lowest BCUT2D eigenvalue weighted by atomic mass is 10.1. The molecule has 1 saturated heterocycles. The zero-order chi connectivity index (χ0) is 14.0. The van der Waals surface area contributed by atoms with Crippen LogP contribution in [-0.2, 0) is 4.79 Å². The first kappa shape index (κ1) is 13.2. The summed E-state index contributed by atoms with van der Waals surface area (Å²) in [5.41, 5.74) is 0.658. The van der Waals surface area contributed by atoms with Crippen molar-refractivity contribution in [3.63, 3.8) is 0 Å². The highest BCUT2D eigenvalue weighted by atomic mass is 35.5. The number of hydrogen-bond acceptors (Lipinski definition) is 4. The zero-order valence-corrected chi connectivity index (χ0v) is 11.0. The monoisotopic (exact) mass is 282 g/mol. The van der Waals surface area contributed by atoms with Gasteiger partial charge >= 0.3 is 6.03 Å². The Morgan fingerprint density at radius 2 is 1.74 bits per heavy atom. The Bertz CT molecular complexity index is 583. The highest BCUT2D eigenvalue weighted by molar-refractivity contribution is 6.32. The fraction of sp³-hybridized carbons (Fsp3) is 0.167. The molecule has 1 aromatic carbocycles. The minimum absolute atomic E-state index is 0.124. The van der Waals surface area contributed by atoms with Crippen LogP contribution in [0.5, 0.6) is 11.5 Å². The average Bonchev–Trinajstić information content (AvgIpc) is 2.69. The third-order valence-corrected chi connectivity index (χ3v) is 2.85. The number of benzene rings is 1. The molecule has 0 spiro atoms. The quantitative estimate of drug-likeness (QED) is 0.651. The molecule has 2 N–H and O–H groups in total. The number of urea groups is 1. The van der Waals surface area contributed by atoms with Crippen molar-refractivity contribution in [2.45, 2.75) is 0 Å². The predicted molar refractivity (Wildman–Crippen MR) is 69.2 cm³/mol. The van der Waals surface area contributed by atoms with Gasteiger partial charge < -0.3 is 14.8 Å². The van der Waals surface area contributed by atoms with Gasteiger partial charge in [-0.15, -0.1) is 0 Å². The first-order chi connectivity index (χ1) is 9.05. The molecule has 6 nitrogen and oxygen atoms in total. The minimum atomic E-state index is -0.562. The molecule has 1 aliphatic rings. The zero-order valence-electron chi connectivity index (χ0n) is 10.2. The van der Waals surface area contributed by atoms with E-state index in [4.69, 9.17) is 21.1 Å². The van der Waals surface area contributed by atoms with Crippen LogP contribution in [0.3, 0.4) is 0 Å². The lowest BCUT2D eigenvalue weighted by Crippen LogP contribution is -2.22. The normalized spacial score (nSPS) is 16.3. The van der Waals surface area contributed by atoms with Crippen molar-refractivity contribution in [1.29, 1.82) is 0 Å². The van der Waals surface area contributed by atoms with Gasteiger partial charge in [0.25, 0.3) is 5.91 Å². The van der Waals surface area contributed by atoms with Gasteiger partial charge in [-0.25, -0.2) is 4.79 Å². The van der Waals surface area contributed by atoms with Crippen LogP contribution in [0, 0.1) is 0 Å². The van der Waals surface area contributed by atoms with Gasteiger partial charge in [0, 0.05) is 6.07 Å². The smallest absolute Gasteiger partial charge is 0.326 e. The standard InChI is InChI=1S/C12H11ClN2O4/c1-18-9-4-6(7(13)5-10(9)19-2)3-8-11(16)15-12(17)14-8/h3-5H,1-2H3,(H2,14,15,16,17)/b8-3+. The van der Waals surface area contributed by atoms with Crippen LogP contribution < -0.4 is 20.1 Å². The third kappa shape index (κ3) is 2.63. The molecule has 0 unspecified atom stereocenters. The van der Waals surface area contributed by atoms with Crippen molar-refractivity contribution in [3.05, 3.63) is 28.4 Å². The molecule has 0 radical (unpaired) electrons. The topological polar surface area (TPSA) is 76.7 Å². The van der Waals surface area contributed by atoms with Gasteiger partial charge in [0.15, 0.2) is 11.5 Å². The van der Waals surface area contributed by atoms with Gasteiger partial charge in [0.05, 0.1) is 19.2 Å². The molecular weight excluding hydrogens is 272 g/mol. The highest BCUT2D eigenvalue weighted by Crippen LogP contribution is 2.34. The summed E-state index contributed by atoms with van der Waals surface area (Å²) in [6.45, 7) is 0. The number of carbonyl (C=O) groups is 2. The second-order valence-corrected chi connectivity index (χ2v) is 4.10. The van der Waals surface area contributed by atoms with E-state index in [0.717, 1.165) is 0 Å². The maximum Gasteiger partial charge on any atom is 0.326 e. The Hall–Kier alpha value is -2.21. The summed E-state index contributed by atoms with van der Waals surface area (Å²) in [6, 6.07) is 2.63. The summed E-state index contributed by atoms with van der Waals surface area (Å²) >= 11 is 6.08. The van der Waals surface area contributed by atoms with E-state index in [9.17, 15) is 9.59 Å². The SMILES string of the molecule is COc1cc(Cl)c(/C=C2/NC(=O)NC2=O)cc1OC. The van der Waals surface area contributed by atoms with Crippen LogP contribution in [0.1, 0.15) is 5.56 Å². The van der Waals surface area contributed by atoms with Crippen molar-refractivity contribution in [2.24, 2.45) is 0 Å². The van der Waals surface area contributed by atoms with E-state index >= 15 is 0 Å². The summed E-state index contributed by atoms with van der Waals surface area (Å²) in [4.78, 5) is 22.4. The molecule has 19 heavy (non-hydrogen) atoms. The molecule has 1 heterocycles. The highest BCUT2D eigenvalue weighted by Gasteiger charge is 2.23. The van der Waals surface area contributed by atoms with Gasteiger partial charge in [-0.3, -0.25) is 10.1 Å². The molecule has 2 rings (SSSR count). The lowest BCUT2D eigenvalue weighted by Gasteiger charge is -2.09. The number of halogens is 1. The largest absolute Gasteiger partial charge is 0.493 e. The van der Waals surface area contributed by atoms with E-state index in [0.29, 0.717) is 22.1 Å². The molecule has 3 amide bonds. The number of amides is 3. The summed E-state index contributed by atoms with van der Waals surface area (Å²) in [5.74, 6) is 0.453. The molecule has 100 valence electrons. The molecule has 0 bridgehead atoms. The van der Waals surface area contributed by atoms with Crippen molar-refractivity contribution in [1.82, 2.24) is 10.6 Å². The Morgan fingerprint density at radius 3 is 2.26 bits per heavy atom. The maximum absolute atomic E-state index is 11.4. The van der Waals surface area contributed by atoms with Crippen molar-refractivity contribution < 1.29 is 19.1 Å². The number of hydrogen-bond donors (Lipinski definition) is 2. The number of nitrogens with one attached hydrogen (secondary N) is 2. The van der Waals surface area contributed by atoms with Crippen LogP contribution in [0.15, 0.2) is 17.8 Å². The molecule has 0 aliphatic carbocycles. The van der Waals surface area contributed by atoms with E-state index in [1.165, 1.54) is 20.3 Å². The first-order valence-electron chi connectivity index (χ1n) is 5.30. The molecular formula is C12H11ClN2O4. The Balaban J connectivity index is 2.43. The fourth-order valence-electron chi connectivity index (χ4n) is 1.62. The first-order valence-corrected chi connectivity index (χ1v) is 5.68. The Kier molecular flexibility index (Phi) is 3.62. The van der Waals surface area contributed by atoms with Crippen LogP contribution in [0.4, 0.5) is 4.79 Å². The molecule has 1 aromatic rings. The van der Waals surface area contributed by atoms with E-state index in [1.807, 2.05) is 0 Å². The van der Waals surface area contributed by atoms with Gasteiger partial charge in [0.2, 0.25) is 0 Å². The molecule has 1 aliphatic heterocycles. The van der Waals surface area contributed by atoms with Crippen LogP contribution in [-0.4, -0.2) is 26.2 Å². The molecule has 0 aromatic heterocycles. The summed E-state index contributed by atoms with van der Waals surface area (Å²) < 4.78 is 10.2. The average molecular weight is 283 g/mol. The lowest BCUT2D eigenvalue weighted by molar-refractivity contribution is -0.115. The van der Waals surface area contributed by atoms with Crippen LogP contribution in [0.2, 0.25) is 5.02 Å². The maximum atomic E-state index is 11.4. The van der Waals surface area contributed by atoms with Crippen LogP contribution >= 0.6 is 11.6 Å². The number of imide groups is 1. The van der Waals surface area contributed by atoms with Crippen molar-refractivity contribution >= 4 is 29.6 Å². The number of rotatable bonds is 3.